The van der Waals surface area contributed by atoms with Crippen molar-refractivity contribution in [2.24, 2.45) is 0 Å². The summed E-state index contributed by atoms with van der Waals surface area (Å²) in [5.41, 5.74) is 1.57. The number of nitrogens with one attached hydrogen (secondary N) is 1. The molecule has 2 rings (SSSR count). The molecule has 0 fully saturated rings. The smallest absolute Gasteiger partial charge is 0.341 e. The second-order valence-corrected chi connectivity index (χ2v) is 5.03. The van der Waals surface area contributed by atoms with Gasteiger partial charge in [0, 0.05) is 6.20 Å². The maximum absolute atomic E-state index is 11.9. The molecule has 1 heterocycles. The van der Waals surface area contributed by atoms with Crippen LogP contribution >= 0.6 is 11.6 Å². The largest absolute Gasteiger partial charge is 0.495 e. The summed E-state index contributed by atoms with van der Waals surface area (Å²) in [6, 6.07) is 8.39. The van der Waals surface area contributed by atoms with Crippen molar-refractivity contribution in [1.82, 2.24) is 4.98 Å². The minimum absolute atomic E-state index is 0.0262. The van der Waals surface area contributed by atoms with Gasteiger partial charge in [0.05, 0.1) is 18.4 Å². The van der Waals surface area contributed by atoms with Crippen molar-refractivity contribution in [3.05, 3.63) is 52.8 Å². The Bertz CT molecular complexity index is 734. The summed E-state index contributed by atoms with van der Waals surface area (Å²) in [6.07, 6.45) is 1.45. The van der Waals surface area contributed by atoms with Crippen molar-refractivity contribution in [2.45, 2.75) is 6.92 Å². The van der Waals surface area contributed by atoms with Gasteiger partial charge >= 0.3 is 5.97 Å². The lowest BCUT2D eigenvalue weighted by Crippen LogP contribution is -2.21. The Balaban J connectivity index is 1.97. The number of anilines is 1. The molecular weight excluding hydrogens is 320 g/mol. The second-order valence-electron chi connectivity index (χ2n) is 4.67. The Kier molecular flexibility index (Phi) is 5.54. The van der Waals surface area contributed by atoms with Gasteiger partial charge in [-0.1, -0.05) is 17.7 Å². The van der Waals surface area contributed by atoms with Crippen LogP contribution in [0.15, 0.2) is 36.5 Å². The van der Waals surface area contributed by atoms with Gasteiger partial charge in [0.2, 0.25) is 0 Å². The molecule has 0 aliphatic rings. The van der Waals surface area contributed by atoms with Crippen molar-refractivity contribution in [3.8, 4) is 5.75 Å². The van der Waals surface area contributed by atoms with Gasteiger partial charge in [0.1, 0.15) is 10.9 Å². The van der Waals surface area contributed by atoms with Crippen molar-refractivity contribution in [1.29, 1.82) is 0 Å². The maximum atomic E-state index is 11.9. The number of pyridine rings is 1. The zero-order chi connectivity index (χ0) is 16.8. The number of halogens is 1. The average molecular weight is 335 g/mol. The van der Waals surface area contributed by atoms with E-state index in [9.17, 15) is 9.59 Å². The van der Waals surface area contributed by atoms with Crippen LogP contribution in [0.3, 0.4) is 0 Å². The molecule has 1 aromatic heterocycles. The van der Waals surface area contributed by atoms with E-state index in [0.717, 1.165) is 5.56 Å². The number of nitrogens with zero attached hydrogens (tertiary/aromatic N) is 1. The van der Waals surface area contributed by atoms with E-state index in [2.05, 4.69) is 10.3 Å². The monoisotopic (exact) mass is 334 g/mol. The van der Waals surface area contributed by atoms with Gasteiger partial charge in [0.15, 0.2) is 6.61 Å². The number of aromatic nitrogens is 1. The molecule has 2 aromatic rings. The number of carbonyl (C=O) groups is 2. The van der Waals surface area contributed by atoms with E-state index in [1.54, 1.807) is 18.2 Å². The minimum atomic E-state index is -0.713. The molecule has 1 amide bonds. The summed E-state index contributed by atoms with van der Waals surface area (Å²) in [7, 11) is 1.50. The summed E-state index contributed by atoms with van der Waals surface area (Å²) in [4.78, 5) is 27.5. The predicted molar refractivity (Wildman–Crippen MR) is 85.9 cm³/mol. The highest BCUT2D eigenvalue weighted by Crippen LogP contribution is 2.25. The van der Waals surface area contributed by atoms with E-state index in [4.69, 9.17) is 21.1 Å². The third kappa shape index (κ3) is 4.43. The number of benzene rings is 1. The SMILES string of the molecule is COc1ccc(C)cc1NC(=O)COC(=O)c1cccnc1Cl. The van der Waals surface area contributed by atoms with Crippen LogP contribution in [0, 0.1) is 6.92 Å². The summed E-state index contributed by atoms with van der Waals surface area (Å²) in [5.74, 6) is -0.678. The first-order valence-corrected chi connectivity index (χ1v) is 7.11. The van der Waals surface area contributed by atoms with Gasteiger partial charge in [-0.25, -0.2) is 9.78 Å². The van der Waals surface area contributed by atoms with E-state index in [1.165, 1.54) is 19.4 Å². The van der Waals surface area contributed by atoms with Gasteiger partial charge < -0.3 is 14.8 Å². The molecule has 0 bridgehead atoms. The zero-order valence-electron chi connectivity index (χ0n) is 12.6. The van der Waals surface area contributed by atoms with Gasteiger partial charge in [0.25, 0.3) is 5.91 Å². The summed E-state index contributed by atoms with van der Waals surface area (Å²) < 4.78 is 10.1. The van der Waals surface area contributed by atoms with Gasteiger partial charge in [-0.15, -0.1) is 0 Å². The molecular formula is C16H15ClN2O4. The zero-order valence-corrected chi connectivity index (χ0v) is 13.4. The number of rotatable bonds is 5. The van der Waals surface area contributed by atoms with Crippen LogP contribution in [0.25, 0.3) is 0 Å². The predicted octanol–water partition coefficient (Wildman–Crippen LogP) is 2.85. The number of aryl methyl sites for hydroxylation is 1. The van der Waals surface area contributed by atoms with E-state index >= 15 is 0 Å². The van der Waals surface area contributed by atoms with E-state index in [1.807, 2.05) is 13.0 Å². The normalized spacial score (nSPS) is 10.0. The molecule has 0 atom stereocenters. The highest BCUT2D eigenvalue weighted by Gasteiger charge is 2.15. The van der Waals surface area contributed by atoms with Crippen LogP contribution in [-0.4, -0.2) is 30.6 Å². The highest BCUT2D eigenvalue weighted by atomic mass is 35.5. The average Bonchev–Trinajstić information content (AvgIpc) is 2.53. The van der Waals surface area contributed by atoms with Gasteiger partial charge in [-0.3, -0.25) is 4.79 Å². The molecule has 7 heteroatoms. The molecule has 23 heavy (non-hydrogen) atoms. The Labute approximate surface area is 138 Å². The molecule has 0 unspecified atom stereocenters. The first-order valence-electron chi connectivity index (χ1n) is 6.73. The number of methoxy groups -OCH3 is 1. The Morgan fingerprint density at radius 2 is 2.09 bits per heavy atom. The van der Waals surface area contributed by atoms with Crippen LogP contribution in [0.2, 0.25) is 5.15 Å². The number of hydrogen-bond acceptors (Lipinski definition) is 5. The van der Waals surface area contributed by atoms with Crippen molar-refractivity contribution in [2.75, 3.05) is 19.0 Å². The molecule has 0 aliphatic carbocycles. The molecule has 1 N–H and O–H groups in total. The molecule has 120 valence electrons. The first-order chi connectivity index (χ1) is 11.0. The van der Waals surface area contributed by atoms with Crippen molar-refractivity contribution in [3.63, 3.8) is 0 Å². The van der Waals surface area contributed by atoms with Crippen LogP contribution in [0.1, 0.15) is 15.9 Å². The number of esters is 1. The number of carbonyl (C=O) groups excluding carboxylic acids is 2. The summed E-state index contributed by atoms with van der Waals surface area (Å²) in [6.45, 7) is 1.45. The van der Waals surface area contributed by atoms with Crippen LogP contribution in [0.4, 0.5) is 5.69 Å². The fourth-order valence-electron chi connectivity index (χ4n) is 1.85. The molecule has 1 aromatic carbocycles. The van der Waals surface area contributed by atoms with Gasteiger partial charge in [-0.05, 0) is 36.8 Å². The topological polar surface area (TPSA) is 77.5 Å². The van der Waals surface area contributed by atoms with Crippen LogP contribution < -0.4 is 10.1 Å². The molecule has 0 saturated carbocycles. The fraction of sp³-hybridized carbons (Fsp3) is 0.188. The minimum Gasteiger partial charge on any atom is -0.495 e. The Morgan fingerprint density at radius 1 is 1.30 bits per heavy atom. The van der Waals surface area contributed by atoms with Gasteiger partial charge in [-0.2, -0.15) is 0 Å². The maximum Gasteiger partial charge on any atom is 0.341 e. The fourth-order valence-corrected chi connectivity index (χ4v) is 2.05. The first kappa shape index (κ1) is 16.8. The molecule has 0 spiro atoms. The highest BCUT2D eigenvalue weighted by molar-refractivity contribution is 6.32. The van der Waals surface area contributed by atoms with Crippen LogP contribution in [0.5, 0.6) is 5.75 Å². The number of amides is 1. The molecule has 0 aliphatic heterocycles. The Hall–Kier alpha value is -2.60. The summed E-state index contributed by atoms with van der Waals surface area (Å²) in [5, 5.41) is 2.66. The van der Waals surface area contributed by atoms with Crippen molar-refractivity contribution < 1.29 is 19.1 Å². The standard InChI is InChI=1S/C16H15ClN2O4/c1-10-5-6-13(22-2)12(8-10)19-14(20)9-23-16(21)11-4-3-7-18-15(11)17/h3-8H,9H2,1-2H3,(H,19,20). The Morgan fingerprint density at radius 3 is 2.78 bits per heavy atom. The number of hydrogen-bond donors (Lipinski definition) is 1. The van der Waals surface area contributed by atoms with Crippen LogP contribution in [-0.2, 0) is 9.53 Å². The number of ether oxygens (including phenoxy) is 2. The summed E-state index contributed by atoms with van der Waals surface area (Å²) >= 11 is 5.79. The quantitative estimate of drug-likeness (QED) is 0.672. The third-order valence-corrected chi connectivity index (χ3v) is 3.24. The van der Waals surface area contributed by atoms with E-state index < -0.39 is 18.5 Å². The lowest BCUT2D eigenvalue weighted by atomic mass is 10.2. The third-order valence-electron chi connectivity index (χ3n) is 2.94. The van der Waals surface area contributed by atoms with E-state index in [-0.39, 0.29) is 10.7 Å². The molecule has 6 nitrogen and oxygen atoms in total. The second kappa shape index (κ2) is 7.60. The van der Waals surface area contributed by atoms with Crippen molar-refractivity contribution >= 4 is 29.2 Å². The lowest BCUT2D eigenvalue weighted by molar-refractivity contribution is -0.119. The molecule has 0 radical (unpaired) electrons. The molecule has 0 saturated heterocycles. The lowest BCUT2D eigenvalue weighted by Gasteiger charge is -2.11. The van der Waals surface area contributed by atoms with E-state index in [0.29, 0.717) is 11.4 Å².